The molecule has 3 atom stereocenters. The summed E-state index contributed by atoms with van der Waals surface area (Å²) in [6, 6.07) is 5.03. The van der Waals surface area contributed by atoms with Crippen LogP contribution >= 0.6 is 11.6 Å². The first-order chi connectivity index (χ1) is 8.63. The van der Waals surface area contributed by atoms with Gasteiger partial charge < -0.3 is 15.8 Å². The van der Waals surface area contributed by atoms with Crippen molar-refractivity contribution in [2.24, 2.45) is 0 Å². The molecule has 0 saturated carbocycles. The van der Waals surface area contributed by atoms with Crippen LogP contribution in [-0.2, 0) is 4.74 Å². The zero-order valence-corrected chi connectivity index (χ0v) is 10.6. The first-order valence-electron chi connectivity index (χ1n) is 6.15. The molecule has 3 N–H and O–H groups in total. The van der Waals surface area contributed by atoms with E-state index in [1.807, 2.05) is 0 Å². The lowest BCUT2D eigenvalue weighted by Gasteiger charge is -2.20. The van der Waals surface area contributed by atoms with Gasteiger partial charge in [0.1, 0.15) is 0 Å². The predicted molar refractivity (Wildman–Crippen MR) is 69.6 cm³/mol. The van der Waals surface area contributed by atoms with E-state index in [9.17, 15) is 4.79 Å². The smallest absolute Gasteiger partial charge is 0.253 e. The van der Waals surface area contributed by atoms with Crippen molar-refractivity contribution in [3.05, 3.63) is 28.8 Å². The minimum absolute atomic E-state index is 0.105. The Hall–Kier alpha value is -1.26. The molecule has 2 fully saturated rings. The Bertz CT molecular complexity index is 492. The van der Waals surface area contributed by atoms with Gasteiger partial charge in [-0.15, -0.1) is 0 Å². The van der Waals surface area contributed by atoms with Gasteiger partial charge in [0, 0.05) is 5.69 Å². The predicted octanol–water partition coefficient (Wildman–Crippen LogP) is 1.97. The molecule has 0 radical (unpaired) electrons. The van der Waals surface area contributed by atoms with Crippen LogP contribution < -0.4 is 11.1 Å². The standard InChI is InChI=1S/C13H15ClN2O2/c14-10-3-1-7(15)5-9(10)13(17)16-11-6-8-2-4-12(11)18-8/h1,3,5,8,11-12H,2,4,6,15H2,(H,16,17). The molecule has 1 amide bonds. The van der Waals surface area contributed by atoms with Crippen LogP contribution in [0.2, 0.25) is 5.02 Å². The summed E-state index contributed by atoms with van der Waals surface area (Å²) in [5.74, 6) is -0.173. The Morgan fingerprint density at radius 2 is 2.28 bits per heavy atom. The lowest BCUT2D eigenvalue weighted by molar-refractivity contribution is 0.0841. The average Bonchev–Trinajstić information content (AvgIpc) is 2.94. The lowest BCUT2D eigenvalue weighted by atomic mass is 9.95. The number of hydrogen-bond donors (Lipinski definition) is 2. The summed E-state index contributed by atoms with van der Waals surface area (Å²) in [6.07, 6.45) is 3.52. The topological polar surface area (TPSA) is 64.4 Å². The third-order valence-corrected chi connectivity index (χ3v) is 3.99. The van der Waals surface area contributed by atoms with Gasteiger partial charge in [-0.2, -0.15) is 0 Å². The number of nitrogen functional groups attached to an aromatic ring is 1. The Balaban J connectivity index is 1.73. The summed E-state index contributed by atoms with van der Waals surface area (Å²) in [7, 11) is 0. The van der Waals surface area contributed by atoms with E-state index < -0.39 is 0 Å². The first kappa shape index (κ1) is 11.8. The van der Waals surface area contributed by atoms with Crippen molar-refractivity contribution in [2.45, 2.75) is 37.5 Å². The summed E-state index contributed by atoms with van der Waals surface area (Å²) >= 11 is 6.01. The van der Waals surface area contributed by atoms with Gasteiger partial charge in [-0.3, -0.25) is 4.79 Å². The Kier molecular flexibility index (Phi) is 2.92. The van der Waals surface area contributed by atoms with Crippen molar-refractivity contribution in [3.63, 3.8) is 0 Å². The second-order valence-electron chi connectivity index (χ2n) is 4.93. The van der Waals surface area contributed by atoms with Crippen molar-refractivity contribution in [1.29, 1.82) is 0 Å². The van der Waals surface area contributed by atoms with Crippen LogP contribution in [-0.4, -0.2) is 24.2 Å². The van der Waals surface area contributed by atoms with Gasteiger partial charge in [0.15, 0.2) is 0 Å². The number of benzene rings is 1. The zero-order valence-electron chi connectivity index (χ0n) is 9.86. The minimum Gasteiger partial charge on any atom is -0.399 e. The van der Waals surface area contributed by atoms with Crippen LogP contribution in [0.1, 0.15) is 29.6 Å². The molecular weight excluding hydrogens is 252 g/mol. The number of fused-ring (bicyclic) bond motifs is 2. The molecule has 4 nitrogen and oxygen atoms in total. The zero-order chi connectivity index (χ0) is 12.7. The number of nitrogens with one attached hydrogen (secondary N) is 1. The first-order valence-corrected chi connectivity index (χ1v) is 6.52. The molecule has 2 saturated heterocycles. The summed E-state index contributed by atoms with van der Waals surface area (Å²) in [4.78, 5) is 12.1. The van der Waals surface area contributed by atoms with Crippen LogP contribution in [0, 0.1) is 0 Å². The lowest BCUT2D eigenvalue weighted by Crippen LogP contribution is -2.41. The van der Waals surface area contributed by atoms with E-state index in [-0.39, 0.29) is 18.1 Å². The van der Waals surface area contributed by atoms with Gasteiger partial charge in [0.2, 0.25) is 0 Å². The van der Waals surface area contributed by atoms with Crippen LogP contribution in [0.25, 0.3) is 0 Å². The van der Waals surface area contributed by atoms with Crippen LogP contribution in [0.5, 0.6) is 0 Å². The van der Waals surface area contributed by atoms with Gasteiger partial charge in [-0.1, -0.05) is 11.6 Å². The second-order valence-corrected chi connectivity index (χ2v) is 5.34. The number of ether oxygens (including phenoxy) is 1. The highest BCUT2D eigenvalue weighted by molar-refractivity contribution is 6.34. The normalized spacial score (nSPS) is 29.5. The van der Waals surface area contributed by atoms with Gasteiger partial charge in [-0.05, 0) is 37.5 Å². The molecule has 96 valence electrons. The fourth-order valence-corrected chi connectivity index (χ4v) is 2.96. The van der Waals surface area contributed by atoms with Gasteiger partial charge >= 0.3 is 0 Å². The van der Waals surface area contributed by atoms with Crippen molar-refractivity contribution >= 4 is 23.2 Å². The molecule has 0 aliphatic carbocycles. The van der Waals surface area contributed by atoms with Crippen LogP contribution in [0.3, 0.4) is 0 Å². The second kappa shape index (κ2) is 4.44. The molecular formula is C13H15ClN2O2. The largest absolute Gasteiger partial charge is 0.399 e. The molecule has 1 aromatic carbocycles. The monoisotopic (exact) mass is 266 g/mol. The Morgan fingerprint density at radius 3 is 2.94 bits per heavy atom. The number of amides is 1. The fourth-order valence-electron chi connectivity index (χ4n) is 2.75. The van der Waals surface area contributed by atoms with Gasteiger partial charge in [-0.25, -0.2) is 0 Å². The molecule has 2 bridgehead atoms. The van der Waals surface area contributed by atoms with Crippen molar-refractivity contribution in [1.82, 2.24) is 5.32 Å². The number of carbonyl (C=O) groups excluding carboxylic acids is 1. The summed E-state index contributed by atoms with van der Waals surface area (Å²) < 4.78 is 5.70. The third kappa shape index (κ3) is 2.06. The van der Waals surface area contributed by atoms with E-state index >= 15 is 0 Å². The van der Waals surface area contributed by atoms with E-state index in [2.05, 4.69) is 5.32 Å². The molecule has 0 spiro atoms. The Labute approximate surface area is 110 Å². The van der Waals surface area contributed by atoms with E-state index in [1.54, 1.807) is 18.2 Å². The minimum atomic E-state index is -0.173. The average molecular weight is 267 g/mol. The molecule has 3 unspecified atom stereocenters. The van der Waals surface area contributed by atoms with Crippen molar-refractivity contribution in [2.75, 3.05) is 5.73 Å². The number of rotatable bonds is 2. The maximum absolute atomic E-state index is 12.1. The Morgan fingerprint density at radius 1 is 1.44 bits per heavy atom. The van der Waals surface area contributed by atoms with Crippen LogP contribution in [0.15, 0.2) is 18.2 Å². The molecule has 18 heavy (non-hydrogen) atoms. The highest BCUT2D eigenvalue weighted by Crippen LogP contribution is 2.34. The number of nitrogens with two attached hydrogens (primary N) is 1. The van der Waals surface area contributed by atoms with Gasteiger partial charge in [0.25, 0.3) is 5.91 Å². The quantitative estimate of drug-likeness (QED) is 0.805. The molecule has 3 rings (SSSR count). The highest BCUT2D eigenvalue weighted by Gasteiger charge is 2.41. The SMILES string of the molecule is Nc1ccc(Cl)c(C(=O)NC2CC3CCC2O3)c1. The summed E-state index contributed by atoms with van der Waals surface area (Å²) in [5, 5.41) is 3.41. The number of carbonyl (C=O) groups is 1. The molecule has 5 heteroatoms. The van der Waals surface area contributed by atoms with Crippen LogP contribution in [0.4, 0.5) is 5.69 Å². The number of hydrogen-bond acceptors (Lipinski definition) is 3. The van der Waals surface area contributed by atoms with Gasteiger partial charge in [0.05, 0.1) is 28.8 Å². The van der Waals surface area contributed by atoms with Crippen molar-refractivity contribution in [3.8, 4) is 0 Å². The molecule has 2 aliphatic heterocycles. The fraction of sp³-hybridized carbons (Fsp3) is 0.462. The van der Waals surface area contributed by atoms with E-state index in [4.69, 9.17) is 22.1 Å². The molecule has 2 heterocycles. The van der Waals surface area contributed by atoms with E-state index in [0.29, 0.717) is 22.4 Å². The van der Waals surface area contributed by atoms with E-state index in [0.717, 1.165) is 19.3 Å². The summed E-state index contributed by atoms with van der Waals surface area (Å²) in [6.45, 7) is 0. The number of halogens is 1. The molecule has 0 aromatic heterocycles. The third-order valence-electron chi connectivity index (χ3n) is 3.66. The summed E-state index contributed by atoms with van der Waals surface area (Å²) in [5.41, 5.74) is 6.64. The number of anilines is 1. The van der Waals surface area contributed by atoms with E-state index in [1.165, 1.54) is 0 Å². The maximum atomic E-state index is 12.1. The molecule has 2 aliphatic rings. The highest BCUT2D eigenvalue weighted by atomic mass is 35.5. The maximum Gasteiger partial charge on any atom is 0.253 e. The van der Waals surface area contributed by atoms with Crippen molar-refractivity contribution < 1.29 is 9.53 Å². The molecule has 1 aromatic rings.